The van der Waals surface area contributed by atoms with Gasteiger partial charge >= 0.3 is 6.18 Å². The largest absolute Gasteiger partial charge is 0.421 e. The van der Waals surface area contributed by atoms with Crippen molar-refractivity contribution >= 4 is 17.5 Å². The highest BCUT2D eigenvalue weighted by atomic mass is 19.4. The molecule has 1 fully saturated rings. The van der Waals surface area contributed by atoms with Gasteiger partial charge in [0.15, 0.2) is 0 Å². The Hall–Kier alpha value is -2.93. The highest BCUT2D eigenvalue weighted by Gasteiger charge is 2.36. The van der Waals surface area contributed by atoms with E-state index in [1.54, 1.807) is 6.07 Å². The van der Waals surface area contributed by atoms with Crippen LogP contribution in [0.25, 0.3) is 0 Å². The number of nitrogens with zero attached hydrogens (tertiary/aromatic N) is 4. The third-order valence-corrected chi connectivity index (χ3v) is 3.63. The van der Waals surface area contributed by atoms with Gasteiger partial charge in [0.25, 0.3) is 0 Å². The van der Waals surface area contributed by atoms with Gasteiger partial charge < -0.3 is 16.0 Å². The van der Waals surface area contributed by atoms with E-state index in [1.165, 1.54) is 12.3 Å². The van der Waals surface area contributed by atoms with E-state index in [-0.39, 0.29) is 23.5 Å². The van der Waals surface area contributed by atoms with Gasteiger partial charge in [0.1, 0.15) is 23.1 Å². The lowest BCUT2D eigenvalue weighted by atomic mass is 10.2. The number of aromatic nitrogens is 3. The average molecular weight is 349 g/mol. The lowest BCUT2D eigenvalue weighted by Crippen LogP contribution is -2.25. The van der Waals surface area contributed by atoms with Crippen molar-refractivity contribution in [2.45, 2.75) is 18.6 Å². The molecule has 1 aliphatic heterocycles. The summed E-state index contributed by atoms with van der Waals surface area (Å²) in [6, 6.07) is 4.81. The van der Waals surface area contributed by atoms with E-state index < -0.39 is 11.7 Å². The Morgan fingerprint density at radius 2 is 2.08 bits per heavy atom. The van der Waals surface area contributed by atoms with E-state index in [1.807, 2.05) is 6.07 Å². The number of pyridine rings is 1. The molecule has 0 aliphatic carbocycles. The number of hydrogen-bond acceptors (Lipinski definition) is 7. The van der Waals surface area contributed by atoms with Crippen molar-refractivity contribution in [3.63, 3.8) is 0 Å². The molecule has 0 saturated carbocycles. The van der Waals surface area contributed by atoms with Gasteiger partial charge in [0.2, 0.25) is 5.95 Å². The molecule has 3 heterocycles. The molecule has 3 N–H and O–H groups in total. The number of nitrogens with one attached hydrogen (secondary N) is 3. The Balaban J connectivity index is 1.85. The molecular formula is C15H14F3N7. The maximum absolute atomic E-state index is 13.2. The van der Waals surface area contributed by atoms with Gasteiger partial charge in [0.05, 0.1) is 11.9 Å². The topological polar surface area (TPSA) is 98.5 Å². The van der Waals surface area contributed by atoms with Crippen molar-refractivity contribution in [1.82, 2.24) is 20.3 Å². The Morgan fingerprint density at radius 1 is 1.24 bits per heavy atom. The van der Waals surface area contributed by atoms with Crippen LogP contribution in [-0.4, -0.2) is 34.1 Å². The van der Waals surface area contributed by atoms with Crippen molar-refractivity contribution in [2.75, 3.05) is 23.7 Å². The van der Waals surface area contributed by atoms with Gasteiger partial charge in [-0.3, -0.25) is 0 Å². The SMILES string of the molecule is N#Cc1ccc(Nc2ncc(C(F)(F)F)c(N[C@H]3CCNC3)n2)cn1. The van der Waals surface area contributed by atoms with Crippen LogP contribution in [0.1, 0.15) is 17.7 Å². The van der Waals surface area contributed by atoms with Gasteiger partial charge in [-0.2, -0.15) is 23.4 Å². The van der Waals surface area contributed by atoms with Crippen LogP contribution in [0.5, 0.6) is 0 Å². The molecule has 0 unspecified atom stereocenters. The second kappa shape index (κ2) is 6.90. The fourth-order valence-electron chi connectivity index (χ4n) is 2.39. The molecule has 25 heavy (non-hydrogen) atoms. The summed E-state index contributed by atoms with van der Waals surface area (Å²) in [7, 11) is 0. The molecule has 2 aromatic rings. The van der Waals surface area contributed by atoms with Crippen molar-refractivity contribution in [3.8, 4) is 6.07 Å². The van der Waals surface area contributed by atoms with E-state index in [9.17, 15) is 13.2 Å². The molecule has 0 spiro atoms. The fraction of sp³-hybridized carbons (Fsp3) is 0.333. The number of halogens is 3. The average Bonchev–Trinajstić information content (AvgIpc) is 3.08. The number of rotatable bonds is 4. The second-order valence-electron chi connectivity index (χ2n) is 5.46. The minimum Gasteiger partial charge on any atom is -0.365 e. The predicted molar refractivity (Wildman–Crippen MR) is 84.2 cm³/mol. The molecule has 0 amide bonds. The van der Waals surface area contributed by atoms with Crippen LogP contribution in [0.2, 0.25) is 0 Å². The minimum atomic E-state index is -4.55. The Bertz CT molecular complexity index is 777. The first kappa shape index (κ1) is 16.9. The van der Waals surface area contributed by atoms with E-state index in [0.29, 0.717) is 18.7 Å². The van der Waals surface area contributed by atoms with E-state index in [4.69, 9.17) is 5.26 Å². The summed E-state index contributed by atoms with van der Waals surface area (Å²) in [5.74, 6) is -0.256. The van der Waals surface area contributed by atoms with Crippen molar-refractivity contribution in [2.24, 2.45) is 0 Å². The number of hydrogen-bond donors (Lipinski definition) is 3. The standard InChI is InChI=1S/C15H14F3N7/c16-15(17,18)12-8-22-14(24-10-2-1-9(5-19)21-7-10)25-13(12)23-11-3-4-20-6-11/h1-2,7-8,11,20H,3-4,6H2,(H2,22,23,24,25)/t11-/m0/s1. The Labute approximate surface area is 141 Å². The van der Waals surface area contributed by atoms with Crippen LogP contribution >= 0.6 is 0 Å². The van der Waals surface area contributed by atoms with Crippen LogP contribution < -0.4 is 16.0 Å². The molecule has 130 valence electrons. The van der Waals surface area contributed by atoms with Crippen LogP contribution in [0.15, 0.2) is 24.5 Å². The summed E-state index contributed by atoms with van der Waals surface area (Å²) in [6.07, 6.45) is -1.71. The lowest BCUT2D eigenvalue weighted by Gasteiger charge is -2.18. The molecule has 0 aromatic carbocycles. The van der Waals surface area contributed by atoms with Crippen molar-refractivity contribution < 1.29 is 13.2 Å². The van der Waals surface area contributed by atoms with Crippen LogP contribution in [0.4, 0.5) is 30.6 Å². The summed E-state index contributed by atoms with van der Waals surface area (Å²) in [4.78, 5) is 11.6. The molecule has 1 aliphatic rings. The third kappa shape index (κ3) is 4.13. The highest BCUT2D eigenvalue weighted by Crippen LogP contribution is 2.34. The zero-order valence-electron chi connectivity index (χ0n) is 12.9. The number of anilines is 3. The molecule has 1 atom stereocenters. The molecule has 2 aromatic heterocycles. The quantitative estimate of drug-likeness (QED) is 0.779. The first-order valence-corrected chi connectivity index (χ1v) is 7.50. The monoisotopic (exact) mass is 349 g/mol. The summed E-state index contributed by atoms with van der Waals surface area (Å²) in [5.41, 5.74) is -0.217. The normalized spacial score (nSPS) is 17.1. The number of nitriles is 1. The summed E-state index contributed by atoms with van der Waals surface area (Å²) in [5, 5.41) is 17.4. The van der Waals surface area contributed by atoms with E-state index >= 15 is 0 Å². The maximum Gasteiger partial charge on any atom is 0.421 e. The predicted octanol–water partition coefficient (Wildman–Crippen LogP) is 2.28. The molecule has 0 bridgehead atoms. The van der Waals surface area contributed by atoms with Gasteiger partial charge in [0, 0.05) is 18.8 Å². The Morgan fingerprint density at radius 3 is 2.68 bits per heavy atom. The van der Waals surface area contributed by atoms with Crippen molar-refractivity contribution in [3.05, 3.63) is 35.8 Å². The zero-order valence-corrected chi connectivity index (χ0v) is 12.9. The molecule has 10 heteroatoms. The van der Waals surface area contributed by atoms with Crippen LogP contribution in [0, 0.1) is 11.3 Å². The zero-order chi connectivity index (χ0) is 17.9. The highest BCUT2D eigenvalue weighted by molar-refractivity contribution is 5.56. The fourth-order valence-corrected chi connectivity index (χ4v) is 2.39. The summed E-state index contributed by atoms with van der Waals surface area (Å²) >= 11 is 0. The third-order valence-electron chi connectivity index (χ3n) is 3.63. The van der Waals surface area contributed by atoms with Crippen LogP contribution in [0.3, 0.4) is 0 Å². The van der Waals surface area contributed by atoms with Crippen LogP contribution in [-0.2, 0) is 6.18 Å². The molecule has 3 rings (SSSR count). The molecule has 1 saturated heterocycles. The van der Waals surface area contributed by atoms with Gasteiger partial charge in [-0.05, 0) is 25.1 Å². The molecular weight excluding hydrogens is 335 g/mol. The first-order valence-electron chi connectivity index (χ1n) is 7.50. The number of alkyl halides is 3. The first-order chi connectivity index (χ1) is 12.0. The van der Waals surface area contributed by atoms with Gasteiger partial charge in [-0.1, -0.05) is 0 Å². The lowest BCUT2D eigenvalue weighted by molar-refractivity contribution is -0.137. The second-order valence-corrected chi connectivity index (χ2v) is 5.46. The smallest absolute Gasteiger partial charge is 0.365 e. The minimum absolute atomic E-state index is 0.00737. The van der Waals surface area contributed by atoms with Crippen molar-refractivity contribution in [1.29, 1.82) is 5.26 Å². The summed E-state index contributed by atoms with van der Waals surface area (Å²) < 4.78 is 39.5. The molecule has 0 radical (unpaired) electrons. The van der Waals surface area contributed by atoms with Gasteiger partial charge in [-0.25, -0.2) is 9.97 Å². The van der Waals surface area contributed by atoms with E-state index in [2.05, 4.69) is 30.9 Å². The van der Waals surface area contributed by atoms with Gasteiger partial charge in [-0.15, -0.1) is 0 Å². The Kier molecular flexibility index (Phi) is 4.67. The summed E-state index contributed by atoms with van der Waals surface area (Å²) in [6.45, 7) is 1.32. The maximum atomic E-state index is 13.2. The molecule has 7 nitrogen and oxygen atoms in total. The van der Waals surface area contributed by atoms with E-state index in [0.717, 1.165) is 12.7 Å².